The van der Waals surface area contributed by atoms with Gasteiger partial charge in [-0.05, 0) is 18.1 Å². The van der Waals surface area contributed by atoms with E-state index in [0.717, 1.165) is 18.1 Å². The Balaban J connectivity index is 2.62. The maximum absolute atomic E-state index is 12.4. The molecule has 0 aromatic heterocycles. The quantitative estimate of drug-likeness (QED) is 0.855. The maximum atomic E-state index is 12.4. The molecule has 1 N–H and O–H groups in total. The first-order valence-electron chi connectivity index (χ1n) is 6.29. The molecule has 1 unspecified atom stereocenters. The second kappa shape index (κ2) is 6.91. The lowest BCUT2D eigenvalue weighted by Crippen LogP contribution is -2.28. The lowest BCUT2D eigenvalue weighted by molar-refractivity contribution is -0.217. The van der Waals surface area contributed by atoms with Crippen molar-refractivity contribution in [1.82, 2.24) is 5.32 Å². The number of ether oxygens (including phenoxy) is 1. The lowest BCUT2D eigenvalue weighted by atomic mass is 10.1. The number of hydrogen-bond acceptors (Lipinski definition) is 2. The van der Waals surface area contributed by atoms with Gasteiger partial charge in [0.1, 0.15) is 0 Å². The molecule has 0 fully saturated rings. The molecule has 2 nitrogen and oxygen atoms in total. The van der Waals surface area contributed by atoms with E-state index in [1.54, 1.807) is 12.1 Å². The molecular formula is C14H20F3NO. The molecule has 0 aliphatic carbocycles. The first-order chi connectivity index (χ1) is 8.80. The molecule has 1 aromatic carbocycles. The van der Waals surface area contributed by atoms with Gasteiger partial charge in [-0.15, -0.1) is 0 Å². The van der Waals surface area contributed by atoms with E-state index in [4.69, 9.17) is 4.74 Å². The van der Waals surface area contributed by atoms with Gasteiger partial charge in [-0.25, -0.2) is 0 Å². The molecule has 108 valence electrons. The van der Waals surface area contributed by atoms with Crippen LogP contribution in [0.5, 0.6) is 0 Å². The molecule has 0 saturated heterocycles. The van der Waals surface area contributed by atoms with Gasteiger partial charge in [0.15, 0.2) is 6.10 Å². The van der Waals surface area contributed by atoms with Crippen molar-refractivity contribution in [2.75, 3.05) is 0 Å². The van der Waals surface area contributed by atoms with Crippen molar-refractivity contribution in [2.45, 2.75) is 52.2 Å². The average molecular weight is 275 g/mol. The fourth-order valence-corrected chi connectivity index (χ4v) is 1.49. The highest BCUT2D eigenvalue weighted by molar-refractivity contribution is 5.26. The molecule has 0 saturated carbocycles. The monoisotopic (exact) mass is 275 g/mol. The number of rotatable bonds is 6. The summed E-state index contributed by atoms with van der Waals surface area (Å²) in [4.78, 5) is 0. The standard InChI is InChI=1S/C14H20F3NO/c1-10(2)18-8-12-6-4-5-7-13(12)9-19-11(3)14(15,16)17/h4-7,10-11,18H,8-9H2,1-3H3. The smallest absolute Gasteiger partial charge is 0.364 e. The van der Waals surface area contributed by atoms with Gasteiger partial charge in [0.2, 0.25) is 0 Å². The first-order valence-corrected chi connectivity index (χ1v) is 6.29. The van der Waals surface area contributed by atoms with Crippen LogP contribution >= 0.6 is 0 Å². The number of nitrogens with one attached hydrogen (secondary N) is 1. The van der Waals surface area contributed by atoms with E-state index in [-0.39, 0.29) is 6.61 Å². The molecule has 0 heterocycles. The van der Waals surface area contributed by atoms with E-state index in [0.29, 0.717) is 12.6 Å². The van der Waals surface area contributed by atoms with Crippen LogP contribution in [0.4, 0.5) is 13.2 Å². The number of alkyl halides is 3. The van der Waals surface area contributed by atoms with Crippen LogP contribution in [0.3, 0.4) is 0 Å². The van der Waals surface area contributed by atoms with E-state index in [2.05, 4.69) is 5.32 Å². The van der Waals surface area contributed by atoms with E-state index < -0.39 is 12.3 Å². The highest BCUT2D eigenvalue weighted by Crippen LogP contribution is 2.23. The van der Waals surface area contributed by atoms with Crippen molar-refractivity contribution in [1.29, 1.82) is 0 Å². The molecule has 19 heavy (non-hydrogen) atoms. The summed E-state index contributed by atoms with van der Waals surface area (Å²) in [6, 6.07) is 7.68. The first kappa shape index (κ1) is 16.0. The fourth-order valence-electron chi connectivity index (χ4n) is 1.49. The van der Waals surface area contributed by atoms with Gasteiger partial charge in [0.25, 0.3) is 0 Å². The SMILES string of the molecule is CC(C)NCc1ccccc1COC(C)C(F)(F)F. The topological polar surface area (TPSA) is 21.3 Å². The third-order valence-corrected chi connectivity index (χ3v) is 2.77. The normalized spacial score (nSPS) is 13.8. The van der Waals surface area contributed by atoms with E-state index in [1.165, 1.54) is 0 Å². The summed E-state index contributed by atoms with van der Waals surface area (Å²) < 4.78 is 42.0. The Kier molecular flexibility index (Phi) is 5.82. The molecule has 0 radical (unpaired) electrons. The molecule has 1 aromatic rings. The molecule has 0 spiro atoms. The highest BCUT2D eigenvalue weighted by atomic mass is 19.4. The van der Waals surface area contributed by atoms with Crippen LogP contribution < -0.4 is 5.32 Å². The van der Waals surface area contributed by atoms with Crippen LogP contribution in [-0.4, -0.2) is 18.3 Å². The summed E-state index contributed by atoms with van der Waals surface area (Å²) in [7, 11) is 0. The predicted octanol–water partition coefficient (Wildman–Crippen LogP) is 3.65. The summed E-state index contributed by atoms with van der Waals surface area (Å²) in [6.07, 6.45) is -6.07. The van der Waals surface area contributed by atoms with Gasteiger partial charge in [0, 0.05) is 12.6 Å². The molecule has 1 rings (SSSR count). The minimum Gasteiger partial charge on any atom is -0.364 e. The molecule has 0 amide bonds. The minimum atomic E-state index is -4.31. The van der Waals surface area contributed by atoms with Crippen molar-refractivity contribution in [2.24, 2.45) is 0 Å². The van der Waals surface area contributed by atoms with E-state index in [1.807, 2.05) is 26.0 Å². The zero-order chi connectivity index (χ0) is 14.5. The predicted molar refractivity (Wildman–Crippen MR) is 68.7 cm³/mol. The van der Waals surface area contributed by atoms with Crippen LogP contribution in [-0.2, 0) is 17.9 Å². The van der Waals surface area contributed by atoms with Crippen molar-refractivity contribution in [3.05, 3.63) is 35.4 Å². The highest BCUT2D eigenvalue weighted by Gasteiger charge is 2.36. The Morgan fingerprint density at radius 1 is 1.11 bits per heavy atom. The van der Waals surface area contributed by atoms with Crippen molar-refractivity contribution in [3.63, 3.8) is 0 Å². The number of hydrogen-bond donors (Lipinski definition) is 1. The van der Waals surface area contributed by atoms with Gasteiger partial charge in [0.05, 0.1) is 6.61 Å². The maximum Gasteiger partial charge on any atom is 0.414 e. The Hall–Kier alpha value is -1.07. The van der Waals surface area contributed by atoms with Crippen molar-refractivity contribution >= 4 is 0 Å². The Morgan fingerprint density at radius 2 is 1.68 bits per heavy atom. The molecule has 0 aliphatic heterocycles. The van der Waals surface area contributed by atoms with Crippen LogP contribution in [0, 0.1) is 0 Å². The van der Waals surface area contributed by atoms with Crippen LogP contribution in [0.25, 0.3) is 0 Å². The van der Waals surface area contributed by atoms with Crippen molar-refractivity contribution in [3.8, 4) is 0 Å². The van der Waals surface area contributed by atoms with Crippen LogP contribution in [0.15, 0.2) is 24.3 Å². The summed E-state index contributed by atoms with van der Waals surface area (Å²) in [5.41, 5.74) is 1.75. The second-order valence-electron chi connectivity index (χ2n) is 4.80. The van der Waals surface area contributed by atoms with Gasteiger partial charge >= 0.3 is 6.18 Å². The Labute approximate surface area is 112 Å². The third-order valence-electron chi connectivity index (χ3n) is 2.77. The summed E-state index contributed by atoms with van der Waals surface area (Å²) in [6.45, 7) is 5.65. The molecule has 0 aliphatic rings. The zero-order valence-electron chi connectivity index (χ0n) is 11.4. The summed E-state index contributed by atoms with van der Waals surface area (Å²) in [5, 5.41) is 3.24. The Bertz CT molecular complexity index is 391. The lowest BCUT2D eigenvalue weighted by Gasteiger charge is -2.18. The molecule has 1 atom stereocenters. The van der Waals surface area contributed by atoms with E-state index in [9.17, 15) is 13.2 Å². The molecular weight excluding hydrogens is 255 g/mol. The Morgan fingerprint density at radius 3 is 2.21 bits per heavy atom. The summed E-state index contributed by atoms with van der Waals surface area (Å²) in [5.74, 6) is 0. The number of halogens is 3. The number of benzene rings is 1. The van der Waals surface area contributed by atoms with E-state index >= 15 is 0 Å². The second-order valence-corrected chi connectivity index (χ2v) is 4.80. The van der Waals surface area contributed by atoms with Crippen LogP contribution in [0.1, 0.15) is 31.9 Å². The van der Waals surface area contributed by atoms with Gasteiger partial charge < -0.3 is 10.1 Å². The fraction of sp³-hybridized carbons (Fsp3) is 0.571. The molecule has 0 bridgehead atoms. The average Bonchev–Trinajstić information content (AvgIpc) is 2.33. The zero-order valence-corrected chi connectivity index (χ0v) is 11.4. The van der Waals surface area contributed by atoms with Gasteiger partial charge in [-0.1, -0.05) is 38.1 Å². The molecule has 5 heteroatoms. The van der Waals surface area contributed by atoms with Gasteiger partial charge in [-0.3, -0.25) is 0 Å². The van der Waals surface area contributed by atoms with Crippen LogP contribution in [0.2, 0.25) is 0 Å². The summed E-state index contributed by atoms with van der Waals surface area (Å²) >= 11 is 0. The van der Waals surface area contributed by atoms with Gasteiger partial charge in [-0.2, -0.15) is 13.2 Å². The largest absolute Gasteiger partial charge is 0.414 e. The minimum absolute atomic E-state index is 0.0311. The van der Waals surface area contributed by atoms with Crippen molar-refractivity contribution < 1.29 is 17.9 Å². The third kappa shape index (κ3) is 5.61.